The van der Waals surface area contributed by atoms with Gasteiger partial charge in [0.05, 0.1) is 11.5 Å². The molecule has 0 aliphatic carbocycles. The minimum atomic E-state index is -0.445. The maximum atomic E-state index is 11.2. The van der Waals surface area contributed by atoms with Crippen molar-refractivity contribution >= 4 is 11.4 Å². The molecule has 0 aliphatic rings. The number of ether oxygens (including phenoxy) is 1. The van der Waals surface area contributed by atoms with Crippen LogP contribution in [0.2, 0.25) is 0 Å². The molecule has 0 aromatic heterocycles. The number of hydrogen-bond acceptors (Lipinski definition) is 5. The minimum absolute atomic E-state index is 0.000176. The molecule has 6 nitrogen and oxygen atoms in total. The summed E-state index contributed by atoms with van der Waals surface area (Å²) in [7, 11) is 0. The predicted octanol–water partition coefficient (Wildman–Crippen LogP) is 2.81. The molecule has 0 bridgehead atoms. The number of hydrogen-bond donors (Lipinski definition) is 2. The van der Waals surface area contributed by atoms with E-state index in [1.807, 2.05) is 20.8 Å². The van der Waals surface area contributed by atoms with E-state index in [1.54, 1.807) is 18.2 Å². The third-order valence-corrected chi connectivity index (χ3v) is 2.83. The van der Waals surface area contributed by atoms with Crippen LogP contribution in [0, 0.1) is 15.5 Å². The summed E-state index contributed by atoms with van der Waals surface area (Å²) < 4.78 is 5.42. The second-order valence-corrected chi connectivity index (χ2v) is 5.43. The van der Waals surface area contributed by atoms with E-state index >= 15 is 0 Å². The smallest absolute Gasteiger partial charge is 0.333 e. The summed E-state index contributed by atoms with van der Waals surface area (Å²) in [6.45, 7) is 6.57. The van der Waals surface area contributed by atoms with Gasteiger partial charge >= 0.3 is 5.69 Å². The molecule has 0 fully saturated rings. The Balaban J connectivity index is 2.97. The second-order valence-electron chi connectivity index (χ2n) is 5.43. The molecular weight excluding hydrogens is 260 g/mol. The summed E-state index contributed by atoms with van der Waals surface area (Å²) in [5.74, 6) is 0.267. The summed E-state index contributed by atoms with van der Waals surface area (Å²) in [6.07, 6.45) is 0.784. The summed E-state index contributed by atoms with van der Waals surface area (Å²) in [4.78, 5) is 10.8. The molecule has 1 aromatic rings. The first-order chi connectivity index (χ1) is 9.41. The molecule has 0 saturated heterocycles. The fourth-order valence-electron chi connectivity index (χ4n) is 1.57. The maximum absolute atomic E-state index is 11.2. The number of para-hydroxylation sites is 1. The molecule has 1 rings (SSSR count). The summed E-state index contributed by atoms with van der Waals surface area (Å²) in [5, 5.41) is 23.5. The molecule has 2 N–H and O–H groups in total. The number of nitrogens with zero attached hydrogens (tertiary/aromatic N) is 1. The summed E-state index contributed by atoms with van der Waals surface area (Å²) in [5.41, 5.74) is -0.00597. The number of nitro benzene ring substituents is 1. The lowest BCUT2D eigenvalue weighted by Gasteiger charge is -2.22. The van der Waals surface area contributed by atoms with Crippen LogP contribution in [-0.4, -0.2) is 29.8 Å². The van der Waals surface area contributed by atoms with Crippen LogP contribution in [0.15, 0.2) is 18.2 Å². The van der Waals surface area contributed by atoms with Crippen molar-refractivity contribution < 1.29 is 14.8 Å². The van der Waals surface area contributed by atoms with E-state index < -0.39 is 4.92 Å². The molecule has 112 valence electrons. The quantitative estimate of drug-likeness (QED) is 0.565. The monoisotopic (exact) mass is 282 g/mol. The van der Waals surface area contributed by atoms with Crippen LogP contribution in [0.4, 0.5) is 11.4 Å². The van der Waals surface area contributed by atoms with Crippen molar-refractivity contribution in [2.45, 2.75) is 27.2 Å². The highest BCUT2D eigenvalue weighted by Gasteiger charge is 2.23. The number of nitrogens with one attached hydrogen (secondary N) is 1. The van der Waals surface area contributed by atoms with Crippen molar-refractivity contribution in [1.29, 1.82) is 0 Å². The first-order valence-corrected chi connectivity index (χ1v) is 6.66. The van der Waals surface area contributed by atoms with E-state index in [-0.39, 0.29) is 23.5 Å². The first-order valence-electron chi connectivity index (χ1n) is 6.66. The van der Waals surface area contributed by atoms with Crippen LogP contribution >= 0.6 is 0 Å². The molecule has 20 heavy (non-hydrogen) atoms. The van der Waals surface area contributed by atoms with Crippen LogP contribution < -0.4 is 10.1 Å². The fourth-order valence-corrected chi connectivity index (χ4v) is 1.57. The molecule has 0 unspecified atom stereocenters. The Bertz CT molecular complexity index is 460. The molecule has 0 radical (unpaired) electrons. The van der Waals surface area contributed by atoms with Gasteiger partial charge < -0.3 is 15.2 Å². The standard InChI is InChI=1S/C14H22N2O4/c1-4-8-20-12-7-5-6-11(13(12)16(18)19)15-9-14(2,3)10-17/h5-7,15,17H,4,8-10H2,1-3H3. The van der Waals surface area contributed by atoms with Gasteiger partial charge in [-0.2, -0.15) is 0 Å². The van der Waals surface area contributed by atoms with Crippen molar-refractivity contribution in [3.05, 3.63) is 28.3 Å². The molecule has 0 atom stereocenters. The van der Waals surface area contributed by atoms with Gasteiger partial charge in [0.25, 0.3) is 0 Å². The van der Waals surface area contributed by atoms with Crippen LogP contribution in [-0.2, 0) is 0 Å². The Kier molecular flexibility index (Phi) is 5.76. The van der Waals surface area contributed by atoms with Crippen LogP contribution in [0.3, 0.4) is 0 Å². The average molecular weight is 282 g/mol. The van der Waals surface area contributed by atoms with Gasteiger partial charge in [0.15, 0.2) is 5.75 Å². The zero-order valence-corrected chi connectivity index (χ0v) is 12.2. The van der Waals surface area contributed by atoms with Crippen LogP contribution in [0.5, 0.6) is 5.75 Å². The van der Waals surface area contributed by atoms with E-state index in [0.29, 0.717) is 18.8 Å². The van der Waals surface area contributed by atoms with E-state index in [0.717, 1.165) is 6.42 Å². The Hall–Kier alpha value is -1.82. The van der Waals surface area contributed by atoms with Crippen molar-refractivity contribution in [1.82, 2.24) is 0 Å². The highest BCUT2D eigenvalue weighted by atomic mass is 16.6. The number of anilines is 1. The SMILES string of the molecule is CCCOc1cccc(NCC(C)(C)CO)c1[N+](=O)[O-]. The van der Waals surface area contributed by atoms with Crippen LogP contribution in [0.1, 0.15) is 27.2 Å². The normalized spacial score (nSPS) is 11.2. The van der Waals surface area contributed by atoms with Gasteiger partial charge in [-0.25, -0.2) is 0 Å². The molecule has 6 heteroatoms. The Morgan fingerprint density at radius 1 is 1.45 bits per heavy atom. The number of rotatable bonds is 8. The zero-order valence-electron chi connectivity index (χ0n) is 12.2. The molecular formula is C14H22N2O4. The number of nitro groups is 1. The van der Waals surface area contributed by atoms with Gasteiger partial charge in [0, 0.05) is 18.6 Å². The van der Waals surface area contributed by atoms with E-state index in [9.17, 15) is 15.2 Å². The Labute approximate surface area is 118 Å². The molecule has 1 aromatic carbocycles. The van der Waals surface area contributed by atoms with Crippen LogP contribution in [0.25, 0.3) is 0 Å². The highest BCUT2D eigenvalue weighted by Crippen LogP contribution is 2.35. The second kappa shape index (κ2) is 7.09. The van der Waals surface area contributed by atoms with Gasteiger partial charge in [0.2, 0.25) is 0 Å². The van der Waals surface area contributed by atoms with Gasteiger partial charge in [0.1, 0.15) is 5.69 Å². The molecule has 0 spiro atoms. The molecule has 0 amide bonds. The third-order valence-electron chi connectivity index (χ3n) is 2.83. The van der Waals surface area contributed by atoms with Gasteiger partial charge in [-0.15, -0.1) is 0 Å². The number of aliphatic hydroxyl groups excluding tert-OH is 1. The van der Waals surface area contributed by atoms with Crippen molar-refractivity contribution in [3.8, 4) is 5.75 Å². The van der Waals surface area contributed by atoms with Crippen molar-refractivity contribution in [2.24, 2.45) is 5.41 Å². The molecule has 0 heterocycles. The number of aliphatic hydroxyl groups is 1. The van der Waals surface area contributed by atoms with E-state index in [2.05, 4.69) is 5.32 Å². The summed E-state index contributed by atoms with van der Waals surface area (Å²) in [6, 6.07) is 4.95. The van der Waals surface area contributed by atoms with E-state index in [1.165, 1.54) is 0 Å². The lowest BCUT2D eigenvalue weighted by atomic mass is 9.95. The van der Waals surface area contributed by atoms with E-state index in [4.69, 9.17) is 4.74 Å². The lowest BCUT2D eigenvalue weighted by molar-refractivity contribution is -0.385. The Morgan fingerprint density at radius 3 is 2.70 bits per heavy atom. The maximum Gasteiger partial charge on any atom is 0.333 e. The highest BCUT2D eigenvalue weighted by molar-refractivity contribution is 5.68. The predicted molar refractivity (Wildman–Crippen MR) is 78.2 cm³/mol. The minimum Gasteiger partial charge on any atom is -0.487 e. The van der Waals surface area contributed by atoms with Crippen molar-refractivity contribution in [3.63, 3.8) is 0 Å². The Morgan fingerprint density at radius 2 is 2.15 bits per heavy atom. The molecule has 0 saturated carbocycles. The fraction of sp³-hybridized carbons (Fsp3) is 0.571. The third kappa shape index (κ3) is 4.38. The number of benzene rings is 1. The van der Waals surface area contributed by atoms with Gasteiger partial charge in [-0.1, -0.05) is 26.8 Å². The van der Waals surface area contributed by atoms with Gasteiger partial charge in [-0.05, 0) is 18.6 Å². The first kappa shape index (κ1) is 16.2. The van der Waals surface area contributed by atoms with Crippen molar-refractivity contribution in [2.75, 3.05) is 25.1 Å². The zero-order chi connectivity index (χ0) is 15.2. The average Bonchev–Trinajstić information content (AvgIpc) is 2.42. The lowest BCUT2D eigenvalue weighted by Crippen LogP contribution is -2.27. The summed E-state index contributed by atoms with van der Waals surface area (Å²) >= 11 is 0. The topological polar surface area (TPSA) is 84.6 Å². The van der Waals surface area contributed by atoms with Gasteiger partial charge in [-0.3, -0.25) is 10.1 Å². The molecule has 0 aliphatic heterocycles. The largest absolute Gasteiger partial charge is 0.487 e.